The molecule has 0 saturated carbocycles. The summed E-state index contributed by atoms with van der Waals surface area (Å²) < 4.78 is 15.8. The van der Waals surface area contributed by atoms with E-state index in [1.165, 1.54) is 10.6 Å². The number of halogens is 1. The number of pyridine rings is 1. The van der Waals surface area contributed by atoms with Crippen LogP contribution in [0.3, 0.4) is 0 Å². The number of para-hydroxylation sites is 2. The molecule has 0 bridgehead atoms. The van der Waals surface area contributed by atoms with Gasteiger partial charge in [0.25, 0.3) is 5.56 Å². The number of benzene rings is 1. The van der Waals surface area contributed by atoms with Crippen molar-refractivity contribution >= 4 is 16.8 Å². The Labute approximate surface area is 137 Å². The first-order chi connectivity index (χ1) is 11.8. The molecule has 0 N–H and O–H groups in total. The molecule has 0 saturated heterocycles. The van der Waals surface area contributed by atoms with Crippen LogP contribution in [-0.2, 0) is 6.54 Å². The number of fused-ring (bicyclic) bond motifs is 3. The Morgan fingerprint density at radius 2 is 1.92 bits per heavy atom. The van der Waals surface area contributed by atoms with Gasteiger partial charge in [-0.3, -0.25) is 13.6 Å². The van der Waals surface area contributed by atoms with Gasteiger partial charge in [0, 0.05) is 30.6 Å². The highest BCUT2D eigenvalue weighted by Gasteiger charge is 2.08. The molecule has 0 fully saturated rings. The standard InChI is InChI=1S/C18H15FN4O/c19-9-3-10-22-12-13(6-7-17(22)24)14-8-11-23-16-5-2-1-4-15(16)21-18(23)20-14/h1-2,4-8,11-12H,3,9-10H2. The van der Waals surface area contributed by atoms with Crippen molar-refractivity contribution in [3.63, 3.8) is 0 Å². The lowest BCUT2D eigenvalue weighted by atomic mass is 10.2. The van der Waals surface area contributed by atoms with Crippen molar-refractivity contribution in [3.05, 3.63) is 65.2 Å². The lowest BCUT2D eigenvalue weighted by Gasteiger charge is -2.07. The molecule has 0 unspecified atom stereocenters. The number of aryl methyl sites for hydroxylation is 1. The summed E-state index contributed by atoms with van der Waals surface area (Å²) in [6.45, 7) is -0.0831. The molecular formula is C18H15FN4O. The molecule has 6 heteroatoms. The third-order valence-corrected chi connectivity index (χ3v) is 3.99. The quantitative estimate of drug-likeness (QED) is 0.580. The minimum Gasteiger partial charge on any atom is -0.315 e. The molecule has 0 aliphatic carbocycles. The van der Waals surface area contributed by atoms with Gasteiger partial charge in [0.15, 0.2) is 0 Å². The first-order valence-electron chi connectivity index (χ1n) is 7.77. The third kappa shape index (κ3) is 2.46. The zero-order valence-electron chi connectivity index (χ0n) is 12.9. The maximum atomic E-state index is 12.4. The van der Waals surface area contributed by atoms with E-state index in [0.717, 1.165) is 22.3 Å². The van der Waals surface area contributed by atoms with E-state index in [1.54, 1.807) is 12.3 Å². The van der Waals surface area contributed by atoms with Crippen LogP contribution < -0.4 is 5.56 Å². The van der Waals surface area contributed by atoms with E-state index in [1.807, 2.05) is 40.9 Å². The van der Waals surface area contributed by atoms with Crippen molar-refractivity contribution in [1.82, 2.24) is 18.9 Å². The van der Waals surface area contributed by atoms with E-state index in [2.05, 4.69) is 9.97 Å². The van der Waals surface area contributed by atoms with Crippen molar-refractivity contribution in [2.45, 2.75) is 13.0 Å². The average molecular weight is 322 g/mol. The van der Waals surface area contributed by atoms with Crippen LogP contribution in [0.4, 0.5) is 4.39 Å². The third-order valence-electron chi connectivity index (χ3n) is 3.99. The van der Waals surface area contributed by atoms with Crippen LogP contribution in [-0.4, -0.2) is 25.6 Å². The molecule has 3 aromatic heterocycles. The highest BCUT2D eigenvalue weighted by molar-refractivity contribution is 5.79. The number of nitrogens with zero attached hydrogens (tertiary/aromatic N) is 4. The first-order valence-corrected chi connectivity index (χ1v) is 7.77. The molecule has 5 nitrogen and oxygen atoms in total. The number of hydrogen-bond acceptors (Lipinski definition) is 3. The van der Waals surface area contributed by atoms with Gasteiger partial charge in [-0.05, 0) is 30.7 Å². The molecule has 0 atom stereocenters. The van der Waals surface area contributed by atoms with Crippen LogP contribution in [0.5, 0.6) is 0 Å². The normalized spacial score (nSPS) is 11.4. The van der Waals surface area contributed by atoms with Crippen molar-refractivity contribution in [2.75, 3.05) is 6.67 Å². The van der Waals surface area contributed by atoms with E-state index in [4.69, 9.17) is 0 Å². The fourth-order valence-corrected chi connectivity index (χ4v) is 2.80. The lowest BCUT2D eigenvalue weighted by molar-refractivity contribution is 0.443. The second kappa shape index (κ2) is 5.88. The molecule has 4 rings (SSSR count). The van der Waals surface area contributed by atoms with Gasteiger partial charge in [-0.2, -0.15) is 0 Å². The predicted molar refractivity (Wildman–Crippen MR) is 90.8 cm³/mol. The molecule has 0 radical (unpaired) electrons. The number of rotatable bonds is 4. The molecule has 1 aromatic carbocycles. The zero-order valence-corrected chi connectivity index (χ0v) is 12.9. The first kappa shape index (κ1) is 14.6. The molecule has 120 valence electrons. The maximum Gasteiger partial charge on any atom is 0.250 e. The summed E-state index contributed by atoms with van der Waals surface area (Å²) in [4.78, 5) is 21.0. The van der Waals surface area contributed by atoms with Gasteiger partial charge in [-0.15, -0.1) is 0 Å². The molecule has 0 aliphatic heterocycles. The second-order valence-electron chi connectivity index (χ2n) is 5.58. The Morgan fingerprint density at radius 3 is 2.79 bits per heavy atom. The Balaban J connectivity index is 1.81. The Hall–Kier alpha value is -3.02. The van der Waals surface area contributed by atoms with Crippen LogP contribution in [0.15, 0.2) is 59.7 Å². The molecule has 0 spiro atoms. The summed E-state index contributed by atoms with van der Waals surface area (Å²) >= 11 is 0. The largest absolute Gasteiger partial charge is 0.315 e. The van der Waals surface area contributed by atoms with Crippen LogP contribution in [0.2, 0.25) is 0 Å². The van der Waals surface area contributed by atoms with E-state index in [0.29, 0.717) is 18.7 Å². The highest BCUT2D eigenvalue weighted by Crippen LogP contribution is 2.20. The second-order valence-corrected chi connectivity index (χ2v) is 5.58. The van der Waals surface area contributed by atoms with Gasteiger partial charge in [-0.1, -0.05) is 12.1 Å². The summed E-state index contributed by atoms with van der Waals surface area (Å²) in [5.74, 6) is 0.607. The smallest absolute Gasteiger partial charge is 0.250 e. The molecule has 24 heavy (non-hydrogen) atoms. The predicted octanol–water partition coefficient (Wildman–Crippen LogP) is 3.07. The summed E-state index contributed by atoms with van der Waals surface area (Å²) in [5.41, 5.74) is 3.28. The topological polar surface area (TPSA) is 52.2 Å². The number of aromatic nitrogens is 4. The Bertz CT molecular complexity index is 1080. The lowest BCUT2D eigenvalue weighted by Crippen LogP contribution is -2.18. The van der Waals surface area contributed by atoms with Gasteiger partial charge >= 0.3 is 0 Å². The summed E-state index contributed by atoms with van der Waals surface area (Å²) in [5, 5.41) is 0. The fraction of sp³-hybridized carbons (Fsp3) is 0.167. The zero-order chi connectivity index (χ0) is 16.5. The van der Waals surface area contributed by atoms with Crippen molar-refractivity contribution < 1.29 is 4.39 Å². The van der Waals surface area contributed by atoms with Crippen molar-refractivity contribution in [2.24, 2.45) is 0 Å². The van der Waals surface area contributed by atoms with Gasteiger partial charge in [0.05, 0.1) is 23.4 Å². The monoisotopic (exact) mass is 322 g/mol. The Morgan fingerprint density at radius 1 is 1.04 bits per heavy atom. The summed E-state index contributed by atoms with van der Waals surface area (Å²) in [6, 6.07) is 13.0. The molecule has 0 aliphatic rings. The molecule has 0 amide bonds. The van der Waals surface area contributed by atoms with E-state index in [-0.39, 0.29) is 5.56 Å². The van der Waals surface area contributed by atoms with Crippen molar-refractivity contribution in [1.29, 1.82) is 0 Å². The van der Waals surface area contributed by atoms with Crippen LogP contribution in [0, 0.1) is 0 Å². The number of alkyl halides is 1. The minimum atomic E-state index is -0.443. The minimum absolute atomic E-state index is 0.139. The van der Waals surface area contributed by atoms with Crippen LogP contribution in [0.25, 0.3) is 28.1 Å². The summed E-state index contributed by atoms with van der Waals surface area (Å²) in [7, 11) is 0. The van der Waals surface area contributed by atoms with Gasteiger partial charge in [-0.25, -0.2) is 9.97 Å². The van der Waals surface area contributed by atoms with Crippen molar-refractivity contribution in [3.8, 4) is 11.3 Å². The Kier molecular flexibility index (Phi) is 3.57. The molecule has 3 heterocycles. The maximum absolute atomic E-state index is 12.4. The molecular weight excluding hydrogens is 307 g/mol. The summed E-state index contributed by atoms with van der Waals surface area (Å²) in [6.07, 6.45) is 3.96. The highest BCUT2D eigenvalue weighted by atomic mass is 19.1. The average Bonchev–Trinajstić information content (AvgIpc) is 2.98. The van der Waals surface area contributed by atoms with Crippen LogP contribution in [0.1, 0.15) is 6.42 Å². The van der Waals surface area contributed by atoms with Crippen LogP contribution >= 0.6 is 0 Å². The SMILES string of the molecule is O=c1ccc(-c2ccn3c(n2)nc2ccccc23)cn1CCCF. The number of imidazole rings is 1. The number of hydrogen-bond donors (Lipinski definition) is 0. The van der Waals surface area contributed by atoms with Gasteiger partial charge in [0.2, 0.25) is 5.78 Å². The van der Waals surface area contributed by atoms with Gasteiger partial charge in [0.1, 0.15) is 0 Å². The van der Waals surface area contributed by atoms with Gasteiger partial charge < -0.3 is 4.57 Å². The fourth-order valence-electron chi connectivity index (χ4n) is 2.80. The van der Waals surface area contributed by atoms with E-state index in [9.17, 15) is 9.18 Å². The molecule has 4 aromatic rings. The van der Waals surface area contributed by atoms with E-state index < -0.39 is 6.67 Å². The van der Waals surface area contributed by atoms with E-state index >= 15 is 0 Å².